The molecule has 3 heteroatoms. The molecule has 1 saturated carbocycles. The third-order valence-corrected chi connectivity index (χ3v) is 4.62. The van der Waals surface area contributed by atoms with Gasteiger partial charge in [-0.3, -0.25) is 4.90 Å². The summed E-state index contributed by atoms with van der Waals surface area (Å²) < 4.78 is 13.2. The molecule has 2 N–H and O–H groups in total. The van der Waals surface area contributed by atoms with E-state index in [-0.39, 0.29) is 11.4 Å². The molecule has 0 aromatic heterocycles. The minimum atomic E-state index is -0.167. The average molecular weight is 264 g/mol. The van der Waals surface area contributed by atoms with Gasteiger partial charge in [-0.15, -0.1) is 0 Å². The summed E-state index contributed by atoms with van der Waals surface area (Å²) in [5, 5.41) is 0. The van der Waals surface area contributed by atoms with Crippen LogP contribution in [-0.4, -0.2) is 24.0 Å². The highest BCUT2D eigenvalue weighted by Gasteiger charge is 2.33. The van der Waals surface area contributed by atoms with Crippen LogP contribution in [0.5, 0.6) is 0 Å². The fraction of sp³-hybridized carbons (Fsp3) is 0.625. The zero-order valence-electron chi connectivity index (χ0n) is 12.0. The van der Waals surface area contributed by atoms with Crippen LogP contribution in [-0.2, 0) is 6.54 Å². The summed E-state index contributed by atoms with van der Waals surface area (Å²) in [5.74, 6) is 0.655. The molecule has 19 heavy (non-hydrogen) atoms. The first-order chi connectivity index (χ1) is 9.03. The van der Waals surface area contributed by atoms with E-state index in [1.54, 1.807) is 12.1 Å². The van der Waals surface area contributed by atoms with E-state index in [0.29, 0.717) is 6.54 Å². The fourth-order valence-corrected chi connectivity index (χ4v) is 2.81. The zero-order chi connectivity index (χ0) is 13.9. The first kappa shape index (κ1) is 14.5. The Labute approximate surface area is 115 Å². The minimum Gasteiger partial charge on any atom is -0.329 e. The van der Waals surface area contributed by atoms with Gasteiger partial charge in [-0.05, 0) is 44.0 Å². The van der Waals surface area contributed by atoms with Gasteiger partial charge in [0.2, 0.25) is 0 Å². The summed E-state index contributed by atoms with van der Waals surface area (Å²) in [6, 6.07) is 6.83. The molecule has 1 unspecified atom stereocenters. The molecule has 0 amide bonds. The average Bonchev–Trinajstić information content (AvgIpc) is 2.33. The van der Waals surface area contributed by atoms with Gasteiger partial charge in [0.25, 0.3) is 0 Å². The van der Waals surface area contributed by atoms with Crippen LogP contribution >= 0.6 is 0 Å². The van der Waals surface area contributed by atoms with Crippen LogP contribution in [0.25, 0.3) is 0 Å². The number of hydrogen-bond donors (Lipinski definition) is 1. The van der Waals surface area contributed by atoms with E-state index in [2.05, 4.69) is 18.9 Å². The summed E-state index contributed by atoms with van der Waals surface area (Å²) >= 11 is 0. The molecule has 1 aromatic carbocycles. The van der Waals surface area contributed by atoms with E-state index >= 15 is 0 Å². The van der Waals surface area contributed by atoms with Crippen molar-refractivity contribution in [2.24, 2.45) is 11.7 Å². The second-order valence-corrected chi connectivity index (χ2v) is 6.19. The Kier molecular flexibility index (Phi) is 4.58. The second-order valence-electron chi connectivity index (χ2n) is 6.19. The van der Waals surface area contributed by atoms with Crippen LogP contribution in [0.2, 0.25) is 0 Å². The van der Waals surface area contributed by atoms with Gasteiger partial charge in [-0.1, -0.05) is 31.4 Å². The third-order valence-electron chi connectivity index (χ3n) is 4.62. The lowest BCUT2D eigenvalue weighted by atomic mass is 9.76. The highest BCUT2D eigenvalue weighted by atomic mass is 19.1. The van der Waals surface area contributed by atoms with Crippen molar-refractivity contribution in [3.8, 4) is 0 Å². The van der Waals surface area contributed by atoms with Crippen molar-refractivity contribution < 1.29 is 4.39 Å². The summed E-state index contributed by atoms with van der Waals surface area (Å²) in [6.07, 6.45) is 5.18. The zero-order valence-corrected chi connectivity index (χ0v) is 12.0. The van der Waals surface area contributed by atoms with Crippen molar-refractivity contribution in [1.82, 2.24) is 4.90 Å². The summed E-state index contributed by atoms with van der Waals surface area (Å²) in [7, 11) is 2.09. The van der Waals surface area contributed by atoms with Crippen LogP contribution in [0.3, 0.4) is 0 Å². The Bertz CT molecular complexity index is 417. The van der Waals surface area contributed by atoms with E-state index in [9.17, 15) is 4.39 Å². The smallest absolute Gasteiger partial charge is 0.123 e. The first-order valence-electron chi connectivity index (χ1n) is 7.19. The number of likely N-dealkylation sites (N-methyl/N-ethyl adjacent to an activating group) is 1. The fourth-order valence-electron chi connectivity index (χ4n) is 2.81. The van der Waals surface area contributed by atoms with Crippen LogP contribution in [0.1, 0.15) is 38.2 Å². The minimum absolute atomic E-state index is 0.0113. The Hall–Kier alpha value is -0.930. The second kappa shape index (κ2) is 6.02. The number of hydrogen-bond acceptors (Lipinski definition) is 2. The van der Waals surface area contributed by atoms with Gasteiger partial charge < -0.3 is 5.73 Å². The predicted octanol–water partition coefficient (Wildman–Crippen LogP) is 3.17. The van der Waals surface area contributed by atoms with Crippen LogP contribution in [0, 0.1) is 11.7 Å². The molecule has 0 saturated heterocycles. The molecule has 2 rings (SSSR count). The maximum atomic E-state index is 13.2. The van der Waals surface area contributed by atoms with Crippen molar-refractivity contribution >= 4 is 0 Å². The molecule has 106 valence electrons. The largest absolute Gasteiger partial charge is 0.329 e. The molecule has 0 aliphatic heterocycles. The Balaban J connectivity index is 2.00. The van der Waals surface area contributed by atoms with Gasteiger partial charge in [0.1, 0.15) is 5.82 Å². The van der Waals surface area contributed by atoms with Gasteiger partial charge in [0, 0.05) is 18.6 Å². The van der Waals surface area contributed by atoms with E-state index < -0.39 is 0 Å². The standard InChI is InChI=1S/C16H25FN2/c1-16(12-18,10-13-5-3-6-13)19(2)11-14-7-4-8-15(17)9-14/h4,7-9,13H,3,5-6,10-12,18H2,1-2H3. The van der Waals surface area contributed by atoms with Crippen molar-refractivity contribution in [3.63, 3.8) is 0 Å². The molecular weight excluding hydrogens is 239 g/mol. The Morgan fingerprint density at radius 2 is 2.16 bits per heavy atom. The number of benzene rings is 1. The maximum Gasteiger partial charge on any atom is 0.123 e. The van der Waals surface area contributed by atoms with Gasteiger partial charge in [0.05, 0.1) is 0 Å². The van der Waals surface area contributed by atoms with Gasteiger partial charge in [-0.2, -0.15) is 0 Å². The molecule has 0 heterocycles. The Morgan fingerprint density at radius 1 is 1.42 bits per heavy atom. The van der Waals surface area contributed by atoms with Crippen molar-refractivity contribution in [2.45, 2.75) is 44.7 Å². The molecule has 1 atom stereocenters. The van der Waals surface area contributed by atoms with Crippen LogP contribution in [0.15, 0.2) is 24.3 Å². The topological polar surface area (TPSA) is 29.3 Å². The normalized spacial score (nSPS) is 19.2. The van der Waals surface area contributed by atoms with Crippen molar-refractivity contribution in [3.05, 3.63) is 35.6 Å². The molecule has 1 aliphatic rings. The summed E-state index contributed by atoms with van der Waals surface area (Å²) in [5.41, 5.74) is 7.02. The number of nitrogens with zero attached hydrogens (tertiary/aromatic N) is 1. The molecule has 0 radical (unpaired) electrons. The maximum absolute atomic E-state index is 13.2. The van der Waals surface area contributed by atoms with E-state index in [4.69, 9.17) is 5.73 Å². The molecular formula is C16H25FN2. The highest BCUT2D eigenvalue weighted by molar-refractivity contribution is 5.16. The third kappa shape index (κ3) is 3.54. The monoisotopic (exact) mass is 264 g/mol. The first-order valence-corrected chi connectivity index (χ1v) is 7.19. The predicted molar refractivity (Wildman–Crippen MR) is 77.3 cm³/mol. The molecule has 2 nitrogen and oxygen atoms in total. The highest BCUT2D eigenvalue weighted by Crippen LogP contribution is 2.35. The number of halogens is 1. The molecule has 0 bridgehead atoms. The van der Waals surface area contributed by atoms with Crippen molar-refractivity contribution in [1.29, 1.82) is 0 Å². The van der Waals surface area contributed by atoms with E-state index in [1.807, 2.05) is 6.07 Å². The van der Waals surface area contributed by atoms with Crippen molar-refractivity contribution in [2.75, 3.05) is 13.6 Å². The van der Waals surface area contributed by atoms with Gasteiger partial charge in [-0.25, -0.2) is 4.39 Å². The molecule has 1 fully saturated rings. The van der Waals surface area contributed by atoms with Crippen LogP contribution in [0.4, 0.5) is 4.39 Å². The summed E-state index contributed by atoms with van der Waals surface area (Å²) in [6.45, 7) is 3.62. The molecule has 1 aliphatic carbocycles. The quantitative estimate of drug-likeness (QED) is 0.855. The summed E-state index contributed by atoms with van der Waals surface area (Å²) in [4.78, 5) is 2.28. The lowest BCUT2D eigenvalue weighted by molar-refractivity contribution is 0.0856. The lowest BCUT2D eigenvalue weighted by Gasteiger charge is -2.42. The molecule has 1 aromatic rings. The van der Waals surface area contributed by atoms with Crippen LogP contribution < -0.4 is 5.73 Å². The number of rotatable bonds is 6. The van der Waals surface area contributed by atoms with Gasteiger partial charge in [0.15, 0.2) is 0 Å². The Morgan fingerprint density at radius 3 is 2.68 bits per heavy atom. The number of nitrogens with two attached hydrogens (primary N) is 1. The lowest BCUT2D eigenvalue weighted by Crippen LogP contribution is -2.51. The van der Waals surface area contributed by atoms with E-state index in [1.165, 1.54) is 25.3 Å². The SMILES string of the molecule is CN(Cc1cccc(F)c1)C(C)(CN)CC1CCC1. The van der Waals surface area contributed by atoms with Gasteiger partial charge >= 0.3 is 0 Å². The van der Waals surface area contributed by atoms with E-state index in [0.717, 1.165) is 24.4 Å². The molecule has 0 spiro atoms.